The minimum atomic E-state index is -0.0141. The van der Waals surface area contributed by atoms with Crippen LogP contribution in [-0.2, 0) is 13.1 Å². The van der Waals surface area contributed by atoms with Gasteiger partial charge in [-0.2, -0.15) is 0 Å². The first-order chi connectivity index (χ1) is 8.51. The number of fused-ring (bicyclic) bond motifs is 1. The maximum Gasteiger partial charge on any atom is 0.329 e. The smallest absolute Gasteiger partial charge is 0.324 e. The molecule has 0 aliphatic rings. The van der Waals surface area contributed by atoms with Crippen LogP contribution in [0.3, 0.4) is 0 Å². The molecule has 98 valence electrons. The van der Waals surface area contributed by atoms with Crippen molar-refractivity contribution < 1.29 is 0 Å². The predicted molar refractivity (Wildman–Crippen MR) is 74.9 cm³/mol. The molecule has 0 aliphatic heterocycles. The molecule has 2 rings (SSSR count). The number of benzene rings is 1. The molecule has 1 unspecified atom stereocenters. The number of hydrogen-bond donors (Lipinski definition) is 1. The minimum absolute atomic E-state index is 0.0141. The van der Waals surface area contributed by atoms with Gasteiger partial charge in [-0.1, -0.05) is 0 Å². The second-order valence-corrected chi connectivity index (χ2v) is 4.76. The molecule has 0 aliphatic carbocycles. The quantitative estimate of drug-likeness (QED) is 0.903. The van der Waals surface area contributed by atoms with Crippen molar-refractivity contribution in [3.8, 4) is 0 Å². The van der Waals surface area contributed by atoms with E-state index in [4.69, 9.17) is 5.73 Å². The Kier molecular flexibility index (Phi) is 3.30. The van der Waals surface area contributed by atoms with Crippen molar-refractivity contribution in [2.45, 2.75) is 46.8 Å². The molecule has 2 aromatic rings. The van der Waals surface area contributed by atoms with E-state index in [9.17, 15) is 4.79 Å². The molecule has 0 bridgehead atoms. The fourth-order valence-electron chi connectivity index (χ4n) is 2.58. The second-order valence-electron chi connectivity index (χ2n) is 4.76. The molecule has 0 radical (unpaired) electrons. The molecular formula is C14H21N3O. The Bertz CT molecular complexity index is 635. The number of nitrogens with two attached hydrogens (primary N) is 1. The van der Waals surface area contributed by atoms with E-state index in [-0.39, 0.29) is 11.7 Å². The summed E-state index contributed by atoms with van der Waals surface area (Å²) in [6.45, 7) is 9.39. The third-order valence-electron chi connectivity index (χ3n) is 3.53. The topological polar surface area (TPSA) is 53.0 Å². The van der Waals surface area contributed by atoms with Crippen LogP contribution in [-0.4, -0.2) is 9.13 Å². The standard InChI is InChI=1S/C14H21N3O/c1-5-16-12-7-9(3)11(10(4)15)8-13(12)17(6-2)14(16)18/h7-8,10H,5-6,15H2,1-4H3. The molecule has 4 heteroatoms. The van der Waals surface area contributed by atoms with Crippen LogP contribution >= 0.6 is 0 Å². The van der Waals surface area contributed by atoms with Crippen molar-refractivity contribution in [3.05, 3.63) is 33.7 Å². The van der Waals surface area contributed by atoms with Crippen molar-refractivity contribution in [2.75, 3.05) is 0 Å². The molecule has 2 N–H and O–H groups in total. The number of hydrogen-bond acceptors (Lipinski definition) is 2. The van der Waals surface area contributed by atoms with Crippen molar-refractivity contribution >= 4 is 11.0 Å². The van der Waals surface area contributed by atoms with Gasteiger partial charge in [-0.15, -0.1) is 0 Å². The molecule has 4 nitrogen and oxygen atoms in total. The SMILES string of the molecule is CCn1c(=O)n(CC)c2cc(C(C)N)c(C)cc21. The lowest BCUT2D eigenvalue weighted by Crippen LogP contribution is -2.23. The van der Waals surface area contributed by atoms with Gasteiger partial charge in [0.1, 0.15) is 0 Å². The van der Waals surface area contributed by atoms with Gasteiger partial charge in [0.15, 0.2) is 0 Å². The van der Waals surface area contributed by atoms with Crippen LogP contribution in [0.2, 0.25) is 0 Å². The van der Waals surface area contributed by atoms with Crippen molar-refractivity contribution in [3.63, 3.8) is 0 Å². The summed E-state index contributed by atoms with van der Waals surface area (Å²) in [6, 6.07) is 4.12. The molecule has 1 aromatic carbocycles. The van der Waals surface area contributed by atoms with Gasteiger partial charge < -0.3 is 5.73 Å². The number of rotatable bonds is 3. The Morgan fingerprint density at radius 3 is 2.11 bits per heavy atom. The second kappa shape index (κ2) is 4.61. The van der Waals surface area contributed by atoms with Crippen molar-refractivity contribution in [1.29, 1.82) is 0 Å². The molecule has 1 heterocycles. The van der Waals surface area contributed by atoms with Crippen molar-refractivity contribution in [2.24, 2.45) is 5.73 Å². The van der Waals surface area contributed by atoms with Crippen LogP contribution in [0.1, 0.15) is 37.9 Å². The fraction of sp³-hybridized carbons (Fsp3) is 0.500. The number of aromatic nitrogens is 2. The molecule has 0 spiro atoms. The van der Waals surface area contributed by atoms with Gasteiger partial charge in [-0.05, 0) is 51.0 Å². The lowest BCUT2D eigenvalue weighted by Gasteiger charge is -2.11. The lowest BCUT2D eigenvalue weighted by atomic mass is 10.0. The summed E-state index contributed by atoms with van der Waals surface area (Å²) >= 11 is 0. The zero-order valence-corrected chi connectivity index (χ0v) is 11.5. The minimum Gasteiger partial charge on any atom is -0.324 e. The highest BCUT2D eigenvalue weighted by Crippen LogP contribution is 2.23. The van der Waals surface area contributed by atoms with Gasteiger partial charge in [0.25, 0.3) is 0 Å². The van der Waals surface area contributed by atoms with Crippen LogP contribution in [0.25, 0.3) is 11.0 Å². The average molecular weight is 247 g/mol. The Morgan fingerprint density at radius 1 is 1.17 bits per heavy atom. The number of aryl methyl sites for hydroxylation is 3. The number of imidazole rings is 1. The van der Waals surface area contributed by atoms with Crippen LogP contribution in [0.4, 0.5) is 0 Å². The normalized spacial score (nSPS) is 13.2. The maximum atomic E-state index is 12.2. The first-order valence-corrected chi connectivity index (χ1v) is 6.50. The van der Waals surface area contributed by atoms with Gasteiger partial charge in [0.2, 0.25) is 0 Å². The Hall–Kier alpha value is -1.55. The third kappa shape index (κ3) is 1.77. The Labute approximate surface area is 107 Å². The molecule has 0 saturated carbocycles. The summed E-state index contributed by atoms with van der Waals surface area (Å²) in [5, 5.41) is 0. The first kappa shape index (κ1) is 12.9. The van der Waals surface area contributed by atoms with Gasteiger partial charge in [-0.25, -0.2) is 4.79 Å². The van der Waals surface area contributed by atoms with Gasteiger partial charge in [0.05, 0.1) is 11.0 Å². The summed E-state index contributed by atoms with van der Waals surface area (Å²) in [5.41, 5.74) is 10.3. The largest absolute Gasteiger partial charge is 0.329 e. The van der Waals surface area contributed by atoms with E-state index in [0.717, 1.165) is 22.2 Å². The predicted octanol–water partition coefficient (Wildman–Crippen LogP) is 2.17. The summed E-state index contributed by atoms with van der Waals surface area (Å²) in [4.78, 5) is 12.2. The van der Waals surface area contributed by atoms with Gasteiger partial charge >= 0.3 is 5.69 Å². The van der Waals surface area contributed by atoms with E-state index in [1.807, 2.05) is 36.8 Å². The summed E-state index contributed by atoms with van der Waals surface area (Å²) in [6.07, 6.45) is 0. The zero-order valence-electron chi connectivity index (χ0n) is 11.5. The van der Waals surface area contributed by atoms with E-state index in [0.29, 0.717) is 13.1 Å². The summed E-state index contributed by atoms with van der Waals surface area (Å²) in [5.74, 6) is 0. The lowest BCUT2D eigenvalue weighted by molar-refractivity contribution is 0.670. The molecule has 1 aromatic heterocycles. The monoisotopic (exact) mass is 247 g/mol. The highest BCUT2D eigenvalue weighted by atomic mass is 16.1. The van der Waals surface area contributed by atoms with Gasteiger partial charge in [0, 0.05) is 19.1 Å². The third-order valence-corrected chi connectivity index (χ3v) is 3.53. The van der Waals surface area contributed by atoms with Crippen molar-refractivity contribution in [1.82, 2.24) is 9.13 Å². The van der Waals surface area contributed by atoms with E-state index < -0.39 is 0 Å². The summed E-state index contributed by atoms with van der Waals surface area (Å²) < 4.78 is 3.63. The number of nitrogens with zero attached hydrogens (tertiary/aromatic N) is 2. The van der Waals surface area contributed by atoms with E-state index in [1.165, 1.54) is 0 Å². The Balaban J connectivity index is 2.88. The van der Waals surface area contributed by atoms with E-state index in [1.54, 1.807) is 0 Å². The van der Waals surface area contributed by atoms with E-state index in [2.05, 4.69) is 12.1 Å². The van der Waals surface area contributed by atoms with Crippen LogP contribution in [0.15, 0.2) is 16.9 Å². The molecular weight excluding hydrogens is 226 g/mol. The molecule has 0 amide bonds. The molecule has 0 saturated heterocycles. The summed E-state index contributed by atoms with van der Waals surface area (Å²) in [7, 11) is 0. The molecule has 1 atom stereocenters. The molecule has 0 fully saturated rings. The van der Waals surface area contributed by atoms with Gasteiger partial charge in [-0.3, -0.25) is 9.13 Å². The Morgan fingerprint density at radius 2 is 1.67 bits per heavy atom. The highest BCUT2D eigenvalue weighted by Gasteiger charge is 2.14. The fourth-order valence-corrected chi connectivity index (χ4v) is 2.58. The highest BCUT2D eigenvalue weighted by molar-refractivity contribution is 5.78. The maximum absolute atomic E-state index is 12.2. The zero-order chi connectivity index (χ0) is 13.4. The van der Waals surface area contributed by atoms with Crippen LogP contribution < -0.4 is 11.4 Å². The van der Waals surface area contributed by atoms with E-state index >= 15 is 0 Å². The molecule has 18 heavy (non-hydrogen) atoms. The average Bonchev–Trinajstić information content (AvgIpc) is 2.58. The van der Waals surface area contributed by atoms with Crippen LogP contribution in [0.5, 0.6) is 0 Å². The first-order valence-electron chi connectivity index (χ1n) is 6.50. The van der Waals surface area contributed by atoms with Crippen LogP contribution in [0, 0.1) is 6.92 Å².